The third-order valence-electron chi connectivity index (χ3n) is 4.71. The number of carbonyl (C=O) groups is 1. The molecule has 0 bridgehead atoms. The average Bonchev–Trinajstić information content (AvgIpc) is 2.63. The zero-order valence-electron chi connectivity index (χ0n) is 15.2. The average molecular weight is 337 g/mol. The van der Waals surface area contributed by atoms with Crippen molar-refractivity contribution in [3.63, 3.8) is 0 Å². The molecule has 0 saturated carbocycles. The number of piperidine rings is 1. The van der Waals surface area contributed by atoms with Crippen LogP contribution in [-0.4, -0.2) is 38.0 Å². The molecule has 1 aliphatic rings. The maximum absolute atomic E-state index is 12.4. The van der Waals surface area contributed by atoms with Crippen LogP contribution >= 0.6 is 0 Å². The van der Waals surface area contributed by atoms with Crippen LogP contribution in [0.25, 0.3) is 0 Å². The van der Waals surface area contributed by atoms with Gasteiger partial charge in [-0.25, -0.2) is 0 Å². The molecule has 2 aromatic carbocycles. The van der Waals surface area contributed by atoms with Crippen molar-refractivity contribution in [3.05, 3.63) is 59.7 Å². The smallest absolute Gasteiger partial charge is 0.255 e. The van der Waals surface area contributed by atoms with E-state index in [2.05, 4.69) is 22.3 Å². The van der Waals surface area contributed by atoms with Crippen LogP contribution < -0.4 is 10.2 Å². The predicted octanol–water partition coefficient (Wildman–Crippen LogP) is 3.99. The van der Waals surface area contributed by atoms with E-state index in [9.17, 15) is 4.79 Å². The first kappa shape index (κ1) is 17.5. The summed E-state index contributed by atoms with van der Waals surface area (Å²) < 4.78 is 0. The summed E-state index contributed by atoms with van der Waals surface area (Å²) >= 11 is 0. The highest BCUT2D eigenvalue weighted by Gasteiger charge is 2.11. The Kier molecular flexibility index (Phi) is 5.71. The Morgan fingerprint density at radius 2 is 1.60 bits per heavy atom. The quantitative estimate of drug-likeness (QED) is 0.896. The third kappa shape index (κ3) is 4.83. The Hall–Kier alpha value is -2.33. The van der Waals surface area contributed by atoms with Crippen molar-refractivity contribution in [2.24, 2.45) is 0 Å². The van der Waals surface area contributed by atoms with Crippen LogP contribution in [0.2, 0.25) is 0 Å². The van der Waals surface area contributed by atoms with E-state index in [1.165, 1.54) is 37.9 Å². The minimum atomic E-state index is -0.0675. The second-order valence-electron chi connectivity index (χ2n) is 6.93. The van der Waals surface area contributed by atoms with Gasteiger partial charge in [0.05, 0.1) is 0 Å². The van der Waals surface area contributed by atoms with Crippen molar-refractivity contribution in [1.82, 2.24) is 4.90 Å². The van der Waals surface area contributed by atoms with E-state index >= 15 is 0 Å². The van der Waals surface area contributed by atoms with E-state index < -0.39 is 0 Å². The number of rotatable bonds is 5. The first-order valence-electron chi connectivity index (χ1n) is 9.02. The Morgan fingerprint density at radius 3 is 2.20 bits per heavy atom. The van der Waals surface area contributed by atoms with Gasteiger partial charge in [-0.15, -0.1) is 0 Å². The number of nitrogens with one attached hydrogen (secondary N) is 1. The lowest BCUT2D eigenvalue weighted by Crippen LogP contribution is -2.29. The molecular formula is C21H27N3O. The van der Waals surface area contributed by atoms with Crippen molar-refractivity contribution >= 4 is 17.3 Å². The number of amides is 1. The van der Waals surface area contributed by atoms with Crippen LogP contribution in [0.1, 0.15) is 35.2 Å². The van der Waals surface area contributed by atoms with Crippen molar-refractivity contribution in [3.8, 4) is 0 Å². The molecule has 1 saturated heterocycles. The molecule has 0 spiro atoms. The van der Waals surface area contributed by atoms with Gasteiger partial charge in [0.15, 0.2) is 0 Å². The molecule has 0 aromatic heterocycles. The predicted molar refractivity (Wildman–Crippen MR) is 104 cm³/mol. The molecule has 132 valence electrons. The Morgan fingerprint density at radius 1 is 0.960 bits per heavy atom. The van der Waals surface area contributed by atoms with Crippen molar-refractivity contribution < 1.29 is 4.79 Å². The van der Waals surface area contributed by atoms with E-state index in [-0.39, 0.29) is 5.91 Å². The maximum atomic E-state index is 12.4. The largest absolute Gasteiger partial charge is 0.378 e. The molecule has 1 aliphatic heterocycles. The molecule has 25 heavy (non-hydrogen) atoms. The molecule has 4 nitrogen and oxygen atoms in total. The van der Waals surface area contributed by atoms with Crippen molar-refractivity contribution in [1.29, 1.82) is 0 Å². The second-order valence-corrected chi connectivity index (χ2v) is 6.93. The van der Waals surface area contributed by atoms with Gasteiger partial charge in [-0.05, 0) is 67.9 Å². The van der Waals surface area contributed by atoms with E-state index in [0.29, 0.717) is 5.56 Å². The molecule has 1 fully saturated rings. The molecule has 1 heterocycles. The molecule has 3 rings (SSSR count). The van der Waals surface area contributed by atoms with Gasteiger partial charge in [0.1, 0.15) is 0 Å². The molecule has 0 unspecified atom stereocenters. The first-order valence-corrected chi connectivity index (χ1v) is 9.02. The van der Waals surface area contributed by atoms with Crippen LogP contribution in [0.15, 0.2) is 48.5 Å². The lowest BCUT2D eigenvalue weighted by Gasteiger charge is -2.26. The summed E-state index contributed by atoms with van der Waals surface area (Å²) in [7, 11) is 4.00. The van der Waals surface area contributed by atoms with Gasteiger partial charge in [-0.3, -0.25) is 9.69 Å². The minimum Gasteiger partial charge on any atom is -0.378 e. The fourth-order valence-electron chi connectivity index (χ4n) is 3.18. The normalized spacial score (nSPS) is 15.0. The van der Waals surface area contributed by atoms with Gasteiger partial charge in [0.2, 0.25) is 0 Å². The van der Waals surface area contributed by atoms with E-state index in [0.717, 1.165) is 17.9 Å². The molecular weight excluding hydrogens is 310 g/mol. The highest BCUT2D eigenvalue weighted by molar-refractivity contribution is 6.04. The molecule has 0 aliphatic carbocycles. The molecule has 0 atom stereocenters. The number of hydrogen-bond donors (Lipinski definition) is 1. The summed E-state index contributed by atoms with van der Waals surface area (Å²) in [4.78, 5) is 16.9. The maximum Gasteiger partial charge on any atom is 0.255 e. The van der Waals surface area contributed by atoms with Crippen LogP contribution in [0.3, 0.4) is 0 Å². The van der Waals surface area contributed by atoms with Gasteiger partial charge >= 0.3 is 0 Å². The van der Waals surface area contributed by atoms with Crippen LogP contribution in [0, 0.1) is 0 Å². The van der Waals surface area contributed by atoms with E-state index in [4.69, 9.17) is 0 Å². The highest BCUT2D eigenvalue weighted by Crippen LogP contribution is 2.17. The molecule has 1 N–H and O–H groups in total. The number of anilines is 2. The Bertz CT molecular complexity index is 686. The summed E-state index contributed by atoms with van der Waals surface area (Å²) in [5.41, 5.74) is 3.89. The zero-order valence-corrected chi connectivity index (χ0v) is 15.2. The fourth-order valence-corrected chi connectivity index (χ4v) is 3.18. The second kappa shape index (κ2) is 8.17. The standard InChI is InChI=1S/C21H27N3O/c1-23(2)20-12-10-19(11-13-20)22-21(25)18-8-6-17(7-9-18)16-24-14-4-3-5-15-24/h6-13H,3-5,14-16H2,1-2H3,(H,22,25). The van der Waals surface area contributed by atoms with Crippen LogP contribution in [0.4, 0.5) is 11.4 Å². The van der Waals surface area contributed by atoms with Crippen LogP contribution in [0.5, 0.6) is 0 Å². The summed E-state index contributed by atoms with van der Waals surface area (Å²) in [6, 6.07) is 15.8. The number of nitrogens with zero attached hydrogens (tertiary/aromatic N) is 2. The monoisotopic (exact) mass is 337 g/mol. The topological polar surface area (TPSA) is 35.6 Å². The fraction of sp³-hybridized carbons (Fsp3) is 0.381. The summed E-state index contributed by atoms with van der Waals surface area (Å²) in [5.74, 6) is -0.0675. The summed E-state index contributed by atoms with van der Waals surface area (Å²) in [5, 5.41) is 2.96. The SMILES string of the molecule is CN(C)c1ccc(NC(=O)c2ccc(CN3CCCCC3)cc2)cc1. The molecule has 4 heteroatoms. The molecule has 2 aromatic rings. The van der Waals surface area contributed by atoms with Gasteiger partial charge in [0, 0.05) is 37.6 Å². The van der Waals surface area contributed by atoms with E-state index in [1.54, 1.807) is 0 Å². The van der Waals surface area contributed by atoms with Gasteiger partial charge in [-0.2, -0.15) is 0 Å². The minimum absolute atomic E-state index is 0.0675. The Labute approximate surface area is 150 Å². The van der Waals surface area contributed by atoms with Gasteiger partial charge in [0.25, 0.3) is 5.91 Å². The number of hydrogen-bond acceptors (Lipinski definition) is 3. The summed E-state index contributed by atoms with van der Waals surface area (Å²) in [6.45, 7) is 3.35. The van der Waals surface area contributed by atoms with Gasteiger partial charge < -0.3 is 10.2 Å². The molecule has 1 amide bonds. The third-order valence-corrected chi connectivity index (χ3v) is 4.71. The first-order chi connectivity index (χ1) is 12.1. The number of likely N-dealkylation sites (tertiary alicyclic amines) is 1. The number of carbonyl (C=O) groups excluding carboxylic acids is 1. The summed E-state index contributed by atoms with van der Waals surface area (Å²) in [6.07, 6.45) is 3.95. The van der Waals surface area contributed by atoms with Crippen molar-refractivity contribution in [2.45, 2.75) is 25.8 Å². The van der Waals surface area contributed by atoms with Gasteiger partial charge in [-0.1, -0.05) is 18.6 Å². The van der Waals surface area contributed by atoms with E-state index in [1.807, 2.05) is 55.4 Å². The van der Waals surface area contributed by atoms with Crippen molar-refractivity contribution in [2.75, 3.05) is 37.4 Å². The van der Waals surface area contributed by atoms with Crippen LogP contribution in [-0.2, 0) is 6.54 Å². The molecule has 0 radical (unpaired) electrons. The lowest BCUT2D eigenvalue weighted by atomic mass is 10.1. The highest BCUT2D eigenvalue weighted by atomic mass is 16.1. The Balaban J connectivity index is 1.58. The number of benzene rings is 2. The zero-order chi connectivity index (χ0) is 17.6. The lowest BCUT2D eigenvalue weighted by molar-refractivity contribution is 0.102.